The molecule has 150 valence electrons. The van der Waals surface area contributed by atoms with Gasteiger partial charge in [-0.3, -0.25) is 14.0 Å². The van der Waals surface area contributed by atoms with E-state index in [0.29, 0.717) is 11.2 Å². The van der Waals surface area contributed by atoms with Gasteiger partial charge in [0.05, 0.1) is 11.6 Å². The number of carbonyl (C=O) groups excluding carboxylic acids is 2. The highest BCUT2D eigenvalue weighted by molar-refractivity contribution is 6.09. The molecule has 0 fully saturated rings. The van der Waals surface area contributed by atoms with E-state index < -0.39 is 0 Å². The predicted molar refractivity (Wildman–Crippen MR) is 117 cm³/mol. The van der Waals surface area contributed by atoms with Crippen LogP contribution in [0.1, 0.15) is 45.2 Å². The zero-order chi connectivity index (χ0) is 21.1. The van der Waals surface area contributed by atoms with E-state index in [1.54, 1.807) is 22.7 Å². The molecule has 2 heterocycles. The molecule has 6 nitrogen and oxygen atoms in total. The fourth-order valence-electron chi connectivity index (χ4n) is 3.35. The van der Waals surface area contributed by atoms with E-state index >= 15 is 0 Å². The quantitative estimate of drug-likeness (QED) is 0.524. The number of rotatable bonds is 5. The summed E-state index contributed by atoms with van der Waals surface area (Å²) >= 11 is 0. The zero-order valence-electron chi connectivity index (χ0n) is 16.8. The van der Waals surface area contributed by atoms with Gasteiger partial charge < -0.3 is 10.6 Å². The Morgan fingerprint density at radius 2 is 1.60 bits per heavy atom. The Bertz CT molecular complexity index is 1210. The van der Waals surface area contributed by atoms with Crippen LogP contribution in [0.15, 0.2) is 79.0 Å². The van der Waals surface area contributed by atoms with Crippen molar-refractivity contribution in [2.45, 2.75) is 19.9 Å². The van der Waals surface area contributed by atoms with Crippen LogP contribution in [0.25, 0.3) is 5.52 Å². The van der Waals surface area contributed by atoms with Crippen molar-refractivity contribution >= 4 is 23.0 Å². The second-order valence-corrected chi connectivity index (χ2v) is 7.11. The third kappa shape index (κ3) is 3.80. The highest BCUT2D eigenvalue weighted by Gasteiger charge is 2.23. The first kappa shape index (κ1) is 19.4. The Morgan fingerprint density at radius 3 is 2.37 bits per heavy atom. The number of anilines is 1. The van der Waals surface area contributed by atoms with Crippen molar-refractivity contribution in [2.75, 3.05) is 5.32 Å². The molecule has 0 aliphatic carbocycles. The first-order valence-corrected chi connectivity index (χ1v) is 9.74. The van der Waals surface area contributed by atoms with Crippen LogP contribution in [0.2, 0.25) is 0 Å². The molecule has 0 aliphatic heterocycles. The van der Waals surface area contributed by atoms with E-state index in [1.165, 1.54) is 0 Å². The number of benzene rings is 2. The van der Waals surface area contributed by atoms with Gasteiger partial charge in [0.2, 0.25) is 5.82 Å². The lowest BCUT2D eigenvalue weighted by atomic mass is 10.1. The fraction of sp³-hybridized carbons (Fsp3) is 0.125. The second-order valence-electron chi connectivity index (χ2n) is 7.11. The first-order valence-electron chi connectivity index (χ1n) is 9.74. The molecule has 0 spiro atoms. The maximum Gasteiger partial charge on any atom is 0.288 e. The number of nitrogens with zero attached hydrogens (tertiary/aromatic N) is 2. The largest absolute Gasteiger partial charge is 0.343 e. The Labute approximate surface area is 174 Å². The van der Waals surface area contributed by atoms with E-state index in [2.05, 4.69) is 15.6 Å². The molecule has 30 heavy (non-hydrogen) atoms. The summed E-state index contributed by atoms with van der Waals surface area (Å²) in [7, 11) is 0. The van der Waals surface area contributed by atoms with Gasteiger partial charge in [-0.2, -0.15) is 0 Å². The number of fused-ring (bicyclic) bond motifs is 1. The Hall–Kier alpha value is -3.93. The van der Waals surface area contributed by atoms with Crippen molar-refractivity contribution in [1.29, 1.82) is 0 Å². The average Bonchev–Trinajstić information content (AvgIpc) is 3.16. The number of aromatic nitrogens is 2. The van der Waals surface area contributed by atoms with Crippen LogP contribution >= 0.6 is 0 Å². The van der Waals surface area contributed by atoms with Gasteiger partial charge >= 0.3 is 0 Å². The summed E-state index contributed by atoms with van der Waals surface area (Å²) in [5.74, 6) is -0.533. The normalized spacial score (nSPS) is 11.8. The van der Waals surface area contributed by atoms with Crippen LogP contribution in [-0.4, -0.2) is 21.2 Å². The minimum absolute atomic E-state index is 0.170. The third-order valence-electron chi connectivity index (χ3n) is 5.01. The highest BCUT2D eigenvalue weighted by Crippen LogP contribution is 2.19. The van der Waals surface area contributed by atoms with Crippen LogP contribution in [-0.2, 0) is 0 Å². The van der Waals surface area contributed by atoms with Crippen LogP contribution in [0.4, 0.5) is 5.69 Å². The van der Waals surface area contributed by atoms with Gasteiger partial charge in [-0.1, -0.05) is 54.6 Å². The molecule has 1 unspecified atom stereocenters. The molecule has 0 saturated carbocycles. The van der Waals surface area contributed by atoms with Gasteiger partial charge in [0.1, 0.15) is 0 Å². The van der Waals surface area contributed by atoms with E-state index in [0.717, 1.165) is 11.1 Å². The molecule has 0 bridgehead atoms. The molecule has 2 aromatic heterocycles. The summed E-state index contributed by atoms with van der Waals surface area (Å²) in [5.41, 5.74) is 3.42. The molecule has 2 N–H and O–H groups in total. The van der Waals surface area contributed by atoms with Gasteiger partial charge in [-0.15, -0.1) is 0 Å². The van der Waals surface area contributed by atoms with Crippen molar-refractivity contribution in [3.05, 3.63) is 102 Å². The summed E-state index contributed by atoms with van der Waals surface area (Å²) in [6.45, 7) is 3.83. The number of aryl methyl sites for hydroxylation is 1. The highest BCUT2D eigenvalue weighted by atomic mass is 16.2. The molecule has 6 heteroatoms. The van der Waals surface area contributed by atoms with E-state index in [1.807, 2.05) is 74.5 Å². The van der Waals surface area contributed by atoms with Crippen LogP contribution in [0.5, 0.6) is 0 Å². The molecule has 4 rings (SSSR count). The fourth-order valence-corrected chi connectivity index (χ4v) is 3.35. The minimum atomic E-state index is -0.358. The van der Waals surface area contributed by atoms with Crippen molar-refractivity contribution in [3.63, 3.8) is 0 Å². The second kappa shape index (κ2) is 8.21. The van der Waals surface area contributed by atoms with Gasteiger partial charge in [0.25, 0.3) is 11.8 Å². The van der Waals surface area contributed by atoms with Gasteiger partial charge in [0.15, 0.2) is 5.69 Å². The molecule has 4 aromatic rings. The number of carbonyl (C=O) groups is 2. The van der Waals surface area contributed by atoms with Gasteiger partial charge in [-0.25, -0.2) is 4.98 Å². The SMILES string of the molecule is Cc1ccccc1NC(=O)c1nc(C(=O)NC(C)c2ccccc2)n2ccccc12. The number of para-hydroxylation sites is 1. The lowest BCUT2D eigenvalue weighted by molar-refractivity contribution is 0.0928. The molecule has 0 aliphatic rings. The minimum Gasteiger partial charge on any atom is -0.343 e. The summed E-state index contributed by atoms with van der Waals surface area (Å²) in [5, 5.41) is 5.85. The lowest BCUT2D eigenvalue weighted by Crippen LogP contribution is -2.28. The number of amides is 2. The number of nitrogens with one attached hydrogen (secondary N) is 2. The van der Waals surface area contributed by atoms with Gasteiger partial charge in [-0.05, 0) is 43.2 Å². The van der Waals surface area contributed by atoms with Crippen LogP contribution in [0, 0.1) is 6.92 Å². The van der Waals surface area contributed by atoms with E-state index in [4.69, 9.17) is 0 Å². The molecule has 1 atom stereocenters. The smallest absolute Gasteiger partial charge is 0.288 e. The van der Waals surface area contributed by atoms with Crippen LogP contribution < -0.4 is 10.6 Å². The third-order valence-corrected chi connectivity index (χ3v) is 5.01. The monoisotopic (exact) mass is 398 g/mol. The van der Waals surface area contributed by atoms with Crippen molar-refractivity contribution in [2.24, 2.45) is 0 Å². The average molecular weight is 398 g/mol. The number of hydrogen-bond acceptors (Lipinski definition) is 3. The Kier molecular flexibility index (Phi) is 5.30. The first-order chi connectivity index (χ1) is 14.5. The Balaban J connectivity index is 1.64. The summed E-state index contributed by atoms with van der Waals surface area (Å²) in [4.78, 5) is 30.3. The summed E-state index contributed by atoms with van der Waals surface area (Å²) in [6.07, 6.45) is 1.73. The van der Waals surface area contributed by atoms with Crippen molar-refractivity contribution in [1.82, 2.24) is 14.7 Å². The van der Waals surface area contributed by atoms with Crippen LogP contribution in [0.3, 0.4) is 0 Å². The molecular weight excluding hydrogens is 376 g/mol. The lowest BCUT2D eigenvalue weighted by Gasteiger charge is -2.13. The van der Waals surface area contributed by atoms with E-state index in [9.17, 15) is 9.59 Å². The predicted octanol–water partition coefficient (Wildman–Crippen LogP) is 4.39. The maximum absolute atomic E-state index is 13.0. The number of imidazole rings is 1. The van der Waals surface area contributed by atoms with E-state index in [-0.39, 0.29) is 29.4 Å². The van der Waals surface area contributed by atoms with Gasteiger partial charge in [0, 0.05) is 11.9 Å². The zero-order valence-corrected chi connectivity index (χ0v) is 16.8. The molecule has 2 aromatic carbocycles. The molecule has 0 saturated heterocycles. The molecule has 0 radical (unpaired) electrons. The number of hydrogen-bond donors (Lipinski definition) is 2. The Morgan fingerprint density at radius 1 is 0.900 bits per heavy atom. The maximum atomic E-state index is 13.0. The summed E-state index contributed by atoms with van der Waals surface area (Å²) in [6, 6.07) is 22.4. The van der Waals surface area contributed by atoms with Crippen molar-refractivity contribution < 1.29 is 9.59 Å². The summed E-state index contributed by atoms with van der Waals surface area (Å²) < 4.78 is 1.64. The topological polar surface area (TPSA) is 75.5 Å². The molecule has 2 amide bonds. The molecular formula is C24H22N4O2. The van der Waals surface area contributed by atoms with Crippen molar-refractivity contribution in [3.8, 4) is 0 Å². The number of pyridine rings is 1. The standard InChI is InChI=1S/C24H22N4O2/c1-16-10-6-7-13-19(16)26-23(29)21-20-14-8-9-15-28(20)22(27-21)24(30)25-17(2)18-11-4-3-5-12-18/h3-15,17H,1-2H3,(H,25,30)(H,26,29).